The van der Waals surface area contributed by atoms with Gasteiger partial charge in [0.25, 0.3) is 0 Å². The summed E-state index contributed by atoms with van der Waals surface area (Å²) in [6.07, 6.45) is 5.63. The van der Waals surface area contributed by atoms with Gasteiger partial charge in [-0.15, -0.1) is 0 Å². The van der Waals surface area contributed by atoms with Crippen LogP contribution in [0, 0.1) is 0 Å². The maximum atomic E-state index is 6.22. The summed E-state index contributed by atoms with van der Waals surface area (Å²) in [5.74, 6) is 1.67. The van der Waals surface area contributed by atoms with Gasteiger partial charge in [-0.2, -0.15) is 5.10 Å². The number of nitrogens with two attached hydrogens (primary N) is 1. The van der Waals surface area contributed by atoms with E-state index < -0.39 is 0 Å². The lowest BCUT2D eigenvalue weighted by Gasteiger charge is -2.08. The topological polar surface area (TPSA) is 103 Å². The van der Waals surface area contributed by atoms with Gasteiger partial charge in [-0.1, -0.05) is 6.07 Å². The zero-order chi connectivity index (χ0) is 20.0. The largest absolute Gasteiger partial charge is 0.493 e. The van der Waals surface area contributed by atoms with Crippen molar-refractivity contribution in [2.45, 2.75) is 0 Å². The van der Waals surface area contributed by atoms with E-state index in [0.717, 1.165) is 33.4 Å². The van der Waals surface area contributed by atoms with Crippen molar-refractivity contribution in [2.75, 3.05) is 20.0 Å². The van der Waals surface area contributed by atoms with Crippen LogP contribution in [-0.2, 0) is 0 Å². The van der Waals surface area contributed by atoms with Crippen LogP contribution in [0.25, 0.3) is 39.1 Å². The summed E-state index contributed by atoms with van der Waals surface area (Å²) in [6, 6.07) is 11.7. The number of fused-ring (bicyclic) bond motifs is 2. The number of benzene rings is 2. The molecule has 5 rings (SSSR count). The number of ether oxygens (including phenoxy) is 2. The molecule has 144 valence electrons. The smallest absolute Gasteiger partial charge is 0.180 e. The van der Waals surface area contributed by atoms with Crippen molar-refractivity contribution < 1.29 is 9.47 Å². The molecule has 0 spiro atoms. The van der Waals surface area contributed by atoms with Crippen LogP contribution >= 0.6 is 0 Å². The Labute approximate surface area is 165 Å². The number of hydrogen-bond donors (Lipinski definition) is 2. The maximum Gasteiger partial charge on any atom is 0.180 e. The number of aromatic amines is 1. The molecule has 0 saturated heterocycles. The first-order valence-corrected chi connectivity index (χ1v) is 8.97. The van der Waals surface area contributed by atoms with E-state index in [1.165, 1.54) is 0 Å². The van der Waals surface area contributed by atoms with Crippen molar-refractivity contribution in [3.05, 3.63) is 55.0 Å². The third-order valence-corrected chi connectivity index (χ3v) is 4.88. The molecule has 0 bridgehead atoms. The maximum absolute atomic E-state index is 6.22. The van der Waals surface area contributed by atoms with E-state index >= 15 is 0 Å². The summed E-state index contributed by atoms with van der Waals surface area (Å²) in [5, 5.41) is 8.02. The van der Waals surface area contributed by atoms with E-state index in [9.17, 15) is 0 Å². The van der Waals surface area contributed by atoms with Crippen LogP contribution in [0.4, 0.5) is 5.82 Å². The molecule has 8 nitrogen and oxygen atoms in total. The first-order valence-electron chi connectivity index (χ1n) is 8.97. The summed E-state index contributed by atoms with van der Waals surface area (Å²) < 4.78 is 12.6. The minimum absolute atomic E-state index is 0.363. The minimum Gasteiger partial charge on any atom is -0.493 e. The van der Waals surface area contributed by atoms with Crippen LogP contribution < -0.4 is 15.2 Å². The highest BCUT2D eigenvalue weighted by atomic mass is 16.5. The third-order valence-electron chi connectivity index (χ3n) is 4.88. The number of nitrogens with zero attached hydrogens (tertiary/aromatic N) is 4. The van der Waals surface area contributed by atoms with E-state index in [1.54, 1.807) is 20.4 Å². The molecular weight excluding hydrogens is 368 g/mol. The van der Waals surface area contributed by atoms with Crippen molar-refractivity contribution in [3.8, 4) is 34.0 Å². The summed E-state index contributed by atoms with van der Waals surface area (Å²) in [4.78, 5) is 9.20. The molecule has 3 N–H and O–H groups in total. The zero-order valence-corrected chi connectivity index (χ0v) is 15.9. The Kier molecular flexibility index (Phi) is 3.83. The number of anilines is 1. The van der Waals surface area contributed by atoms with E-state index in [1.807, 2.05) is 53.2 Å². The third kappa shape index (κ3) is 2.82. The van der Waals surface area contributed by atoms with Crippen molar-refractivity contribution >= 4 is 22.4 Å². The SMILES string of the molecule is COc1ccc(-c2cn3cc(-c4ccc5[nH]ncc5c4)nc(N)c3n2)cc1OC. The number of aromatic nitrogens is 5. The molecule has 0 amide bonds. The van der Waals surface area contributed by atoms with Crippen LogP contribution in [0.15, 0.2) is 55.0 Å². The quantitative estimate of drug-likeness (QED) is 0.490. The van der Waals surface area contributed by atoms with E-state index in [2.05, 4.69) is 20.2 Å². The molecule has 0 aliphatic rings. The average Bonchev–Trinajstić information content (AvgIpc) is 3.39. The van der Waals surface area contributed by atoms with Gasteiger partial charge in [0.2, 0.25) is 0 Å². The Bertz CT molecular complexity index is 1350. The Hall–Kier alpha value is -4.07. The normalized spacial score (nSPS) is 11.2. The van der Waals surface area contributed by atoms with E-state index in [4.69, 9.17) is 15.2 Å². The van der Waals surface area contributed by atoms with Crippen molar-refractivity contribution in [1.29, 1.82) is 0 Å². The lowest BCUT2D eigenvalue weighted by Crippen LogP contribution is -1.98. The number of hydrogen-bond acceptors (Lipinski definition) is 6. The summed E-state index contributed by atoms with van der Waals surface area (Å²) in [7, 11) is 3.22. The molecule has 0 fully saturated rings. The highest BCUT2D eigenvalue weighted by Crippen LogP contribution is 2.33. The molecule has 5 aromatic rings. The fourth-order valence-electron chi connectivity index (χ4n) is 3.40. The second-order valence-electron chi connectivity index (χ2n) is 6.61. The van der Waals surface area contributed by atoms with Gasteiger partial charge in [0.15, 0.2) is 23.0 Å². The highest BCUT2D eigenvalue weighted by molar-refractivity contribution is 5.84. The Balaban J connectivity index is 1.61. The Morgan fingerprint density at radius 3 is 2.41 bits per heavy atom. The highest BCUT2D eigenvalue weighted by Gasteiger charge is 2.13. The lowest BCUT2D eigenvalue weighted by molar-refractivity contribution is 0.355. The summed E-state index contributed by atoms with van der Waals surface area (Å²) in [5.41, 5.74) is 11.2. The van der Waals surface area contributed by atoms with Gasteiger partial charge < -0.3 is 19.6 Å². The van der Waals surface area contributed by atoms with Crippen LogP contribution in [0.1, 0.15) is 0 Å². The lowest BCUT2D eigenvalue weighted by atomic mass is 10.1. The fraction of sp³-hybridized carbons (Fsp3) is 0.0952. The van der Waals surface area contributed by atoms with Crippen LogP contribution in [0.3, 0.4) is 0 Å². The standard InChI is InChI=1S/C21H18N6O2/c1-28-18-6-4-13(8-19(18)29-2)17-11-27-10-16(24-20(22)21(27)25-17)12-3-5-15-14(7-12)9-23-26-15/h3-11H,1-2H3,(H2,22,24)(H,23,26). The second kappa shape index (κ2) is 6.52. The number of H-pyrrole nitrogens is 1. The molecular formula is C21H18N6O2. The summed E-state index contributed by atoms with van der Waals surface area (Å²) in [6.45, 7) is 0. The van der Waals surface area contributed by atoms with Gasteiger partial charge in [0.1, 0.15) is 0 Å². The monoisotopic (exact) mass is 386 g/mol. The molecule has 0 radical (unpaired) electrons. The van der Waals surface area contributed by atoms with E-state index in [0.29, 0.717) is 23.0 Å². The zero-order valence-electron chi connectivity index (χ0n) is 15.9. The number of rotatable bonds is 4. The van der Waals surface area contributed by atoms with Gasteiger partial charge in [-0.05, 0) is 30.3 Å². The van der Waals surface area contributed by atoms with Crippen molar-refractivity contribution in [2.24, 2.45) is 0 Å². The minimum atomic E-state index is 0.363. The Morgan fingerprint density at radius 2 is 1.62 bits per heavy atom. The van der Waals surface area contributed by atoms with Crippen LogP contribution in [0.5, 0.6) is 11.5 Å². The molecule has 0 aliphatic heterocycles. The van der Waals surface area contributed by atoms with Gasteiger partial charge in [-0.25, -0.2) is 9.97 Å². The first-order chi connectivity index (χ1) is 14.2. The predicted molar refractivity (Wildman–Crippen MR) is 111 cm³/mol. The number of nitrogens with one attached hydrogen (secondary N) is 1. The van der Waals surface area contributed by atoms with Gasteiger partial charge in [0.05, 0.1) is 37.3 Å². The number of imidazole rings is 1. The first kappa shape index (κ1) is 17.1. The second-order valence-corrected chi connectivity index (χ2v) is 6.61. The fourth-order valence-corrected chi connectivity index (χ4v) is 3.40. The van der Waals surface area contributed by atoms with Crippen molar-refractivity contribution in [3.63, 3.8) is 0 Å². The molecule has 3 heterocycles. The molecule has 8 heteroatoms. The molecule has 0 saturated carbocycles. The number of methoxy groups -OCH3 is 2. The molecule has 0 unspecified atom stereocenters. The molecule has 29 heavy (non-hydrogen) atoms. The summed E-state index contributed by atoms with van der Waals surface area (Å²) >= 11 is 0. The number of nitrogen functional groups attached to an aromatic ring is 1. The van der Waals surface area contributed by atoms with Crippen LogP contribution in [-0.4, -0.2) is 38.8 Å². The van der Waals surface area contributed by atoms with Gasteiger partial charge in [0, 0.05) is 28.9 Å². The molecule has 0 atom stereocenters. The van der Waals surface area contributed by atoms with E-state index in [-0.39, 0.29) is 0 Å². The molecule has 3 aromatic heterocycles. The van der Waals surface area contributed by atoms with Gasteiger partial charge >= 0.3 is 0 Å². The average molecular weight is 386 g/mol. The predicted octanol–water partition coefficient (Wildman–Crippen LogP) is 3.54. The Morgan fingerprint density at radius 1 is 0.897 bits per heavy atom. The van der Waals surface area contributed by atoms with Crippen LogP contribution in [0.2, 0.25) is 0 Å². The van der Waals surface area contributed by atoms with Crippen molar-refractivity contribution in [1.82, 2.24) is 24.6 Å². The molecule has 0 aliphatic carbocycles. The van der Waals surface area contributed by atoms with Gasteiger partial charge in [-0.3, -0.25) is 5.10 Å². The molecule has 2 aromatic carbocycles.